The highest BCUT2D eigenvalue weighted by molar-refractivity contribution is 7.16. The molecule has 0 atom stereocenters. The molecule has 0 amide bonds. The zero-order valence-electron chi connectivity index (χ0n) is 9.96. The molecule has 18 heavy (non-hydrogen) atoms. The molecule has 1 aromatic carbocycles. The van der Waals surface area contributed by atoms with Gasteiger partial charge in [0.05, 0.1) is 23.2 Å². The van der Waals surface area contributed by atoms with Crippen LogP contribution in [0.5, 0.6) is 5.75 Å². The highest BCUT2D eigenvalue weighted by atomic mass is 32.1. The maximum Gasteiger partial charge on any atom is 0.308 e. The Morgan fingerprint density at radius 3 is 3.06 bits per heavy atom. The molecule has 1 saturated carbocycles. The van der Waals surface area contributed by atoms with Gasteiger partial charge in [-0.15, -0.1) is 11.3 Å². The highest BCUT2D eigenvalue weighted by Crippen LogP contribution is 2.35. The summed E-state index contributed by atoms with van der Waals surface area (Å²) in [7, 11) is 1.42. The second-order valence-electron chi connectivity index (χ2n) is 4.39. The smallest absolute Gasteiger partial charge is 0.308 e. The molecule has 0 radical (unpaired) electrons. The topological polar surface area (TPSA) is 48.4 Å². The molecule has 1 aromatic heterocycles. The molecule has 5 heteroatoms. The molecule has 94 valence electrons. The summed E-state index contributed by atoms with van der Waals surface area (Å²) in [6.07, 6.45) is 1.56. The maximum atomic E-state index is 11.3. The maximum absolute atomic E-state index is 11.3. The van der Waals surface area contributed by atoms with Crippen LogP contribution in [0.3, 0.4) is 0 Å². The molecule has 1 heterocycles. The van der Waals surface area contributed by atoms with E-state index < -0.39 is 0 Å². The van der Waals surface area contributed by atoms with E-state index in [0.717, 1.165) is 28.8 Å². The number of benzene rings is 1. The second kappa shape index (κ2) is 4.57. The van der Waals surface area contributed by atoms with Crippen LogP contribution < -0.4 is 4.74 Å². The molecule has 1 fully saturated rings. The molecule has 0 N–H and O–H groups in total. The van der Waals surface area contributed by atoms with Crippen LogP contribution in [-0.4, -0.2) is 24.2 Å². The third-order valence-corrected chi connectivity index (χ3v) is 4.04. The van der Waals surface area contributed by atoms with Crippen molar-refractivity contribution >= 4 is 27.5 Å². The normalized spacial score (nSPS) is 22.5. The number of hydrogen-bond acceptors (Lipinski definition) is 5. The molecular weight excluding hydrogens is 250 g/mol. The molecule has 2 aromatic rings. The fourth-order valence-corrected chi connectivity index (χ4v) is 2.85. The van der Waals surface area contributed by atoms with Gasteiger partial charge < -0.3 is 9.47 Å². The van der Waals surface area contributed by atoms with E-state index >= 15 is 0 Å². The van der Waals surface area contributed by atoms with Crippen molar-refractivity contribution in [3.05, 3.63) is 23.7 Å². The summed E-state index contributed by atoms with van der Waals surface area (Å²) in [6.45, 7) is 0. The zero-order valence-corrected chi connectivity index (χ0v) is 10.8. The van der Waals surface area contributed by atoms with Crippen LogP contribution in [-0.2, 0) is 9.53 Å². The van der Waals surface area contributed by atoms with E-state index in [1.54, 1.807) is 11.3 Å². The third-order valence-electron chi connectivity index (χ3n) is 3.25. The third kappa shape index (κ3) is 1.95. The lowest BCUT2D eigenvalue weighted by Gasteiger charge is -2.33. The van der Waals surface area contributed by atoms with Crippen LogP contribution >= 0.6 is 11.3 Å². The predicted molar refractivity (Wildman–Crippen MR) is 68.8 cm³/mol. The van der Waals surface area contributed by atoms with Crippen molar-refractivity contribution in [2.45, 2.75) is 18.9 Å². The number of fused-ring (bicyclic) bond motifs is 1. The van der Waals surface area contributed by atoms with Crippen molar-refractivity contribution in [1.82, 2.24) is 4.98 Å². The summed E-state index contributed by atoms with van der Waals surface area (Å²) >= 11 is 1.60. The van der Waals surface area contributed by atoms with Crippen molar-refractivity contribution in [1.29, 1.82) is 0 Å². The van der Waals surface area contributed by atoms with E-state index in [1.807, 2.05) is 23.7 Å². The number of carbonyl (C=O) groups excluding carboxylic acids is 1. The van der Waals surface area contributed by atoms with Gasteiger partial charge >= 0.3 is 5.97 Å². The number of carbonyl (C=O) groups is 1. The van der Waals surface area contributed by atoms with Gasteiger partial charge in [0.1, 0.15) is 17.4 Å². The van der Waals surface area contributed by atoms with Crippen LogP contribution in [0, 0.1) is 5.92 Å². The van der Waals surface area contributed by atoms with E-state index in [0.29, 0.717) is 0 Å². The lowest BCUT2D eigenvalue weighted by Crippen LogP contribution is -2.38. The first-order chi connectivity index (χ1) is 8.78. The van der Waals surface area contributed by atoms with Gasteiger partial charge in [-0.2, -0.15) is 0 Å². The molecule has 0 aliphatic heterocycles. The Hall–Kier alpha value is -1.62. The molecule has 4 nitrogen and oxygen atoms in total. The Kier molecular flexibility index (Phi) is 2.91. The number of para-hydroxylation sites is 1. The molecule has 0 unspecified atom stereocenters. The molecule has 0 spiro atoms. The summed E-state index contributed by atoms with van der Waals surface area (Å²) < 4.78 is 11.7. The first-order valence-corrected chi connectivity index (χ1v) is 6.72. The average Bonchev–Trinajstić information content (AvgIpc) is 2.81. The van der Waals surface area contributed by atoms with Crippen LogP contribution in [0.2, 0.25) is 0 Å². The average molecular weight is 263 g/mol. The number of esters is 1. The minimum Gasteiger partial charge on any atom is -0.488 e. The zero-order chi connectivity index (χ0) is 12.5. The number of ether oxygens (including phenoxy) is 2. The lowest BCUT2D eigenvalue weighted by atomic mass is 9.82. The van der Waals surface area contributed by atoms with Gasteiger partial charge in [0.15, 0.2) is 0 Å². The van der Waals surface area contributed by atoms with Gasteiger partial charge in [-0.3, -0.25) is 4.79 Å². The molecule has 1 aliphatic carbocycles. The van der Waals surface area contributed by atoms with Crippen LogP contribution in [0.15, 0.2) is 23.7 Å². The summed E-state index contributed by atoms with van der Waals surface area (Å²) in [6, 6.07) is 5.91. The number of rotatable bonds is 3. The fourth-order valence-electron chi connectivity index (χ4n) is 2.16. The van der Waals surface area contributed by atoms with E-state index in [2.05, 4.69) is 4.98 Å². The van der Waals surface area contributed by atoms with Crippen molar-refractivity contribution in [3.8, 4) is 5.75 Å². The molecule has 3 rings (SSSR count). The van der Waals surface area contributed by atoms with Gasteiger partial charge in [-0.05, 0) is 25.0 Å². The molecular formula is C13H13NO3S. The van der Waals surface area contributed by atoms with Gasteiger partial charge in [-0.1, -0.05) is 6.07 Å². The van der Waals surface area contributed by atoms with E-state index in [1.165, 1.54) is 7.11 Å². The fraction of sp³-hybridized carbons (Fsp3) is 0.385. The minimum absolute atomic E-state index is 0.00497. The summed E-state index contributed by atoms with van der Waals surface area (Å²) in [5, 5.41) is 0. The van der Waals surface area contributed by atoms with Crippen molar-refractivity contribution < 1.29 is 14.3 Å². The number of hydrogen-bond donors (Lipinski definition) is 0. The number of methoxy groups -OCH3 is 1. The second-order valence-corrected chi connectivity index (χ2v) is 5.27. The van der Waals surface area contributed by atoms with E-state index in [-0.39, 0.29) is 18.0 Å². The Morgan fingerprint density at radius 2 is 2.28 bits per heavy atom. The Bertz CT molecular complexity index is 574. The van der Waals surface area contributed by atoms with Gasteiger partial charge in [0.25, 0.3) is 0 Å². The molecule has 0 bridgehead atoms. The quantitative estimate of drug-likeness (QED) is 0.799. The van der Waals surface area contributed by atoms with Crippen molar-refractivity contribution in [3.63, 3.8) is 0 Å². The molecule has 0 saturated heterocycles. The van der Waals surface area contributed by atoms with Gasteiger partial charge in [0.2, 0.25) is 0 Å². The van der Waals surface area contributed by atoms with E-state index in [4.69, 9.17) is 9.47 Å². The van der Waals surface area contributed by atoms with Crippen molar-refractivity contribution in [2.75, 3.05) is 7.11 Å². The van der Waals surface area contributed by atoms with Crippen LogP contribution in [0.25, 0.3) is 10.2 Å². The highest BCUT2D eigenvalue weighted by Gasteiger charge is 2.37. The lowest BCUT2D eigenvalue weighted by molar-refractivity contribution is -0.151. The van der Waals surface area contributed by atoms with Crippen LogP contribution in [0.1, 0.15) is 12.8 Å². The first-order valence-electron chi connectivity index (χ1n) is 5.84. The SMILES string of the molecule is COC(=O)C1CC(Oc2cccc3scnc23)C1. The molecule has 1 aliphatic rings. The van der Waals surface area contributed by atoms with Crippen molar-refractivity contribution in [2.24, 2.45) is 5.92 Å². The number of aromatic nitrogens is 1. The van der Waals surface area contributed by atoms with Gasteiger partial charge in [0, 0.05) is 0 Å². The predicted octanol–water partition coefficient (Wildman–Crippen LogP) is 2.63. The number of thiazole rings is 1. The van der Waals surface area contributed by atoms with E-state index in [9.17, 15) is 4.79 Å². The summed E-state index contributed by atoms with van der Waals surface area (Å²) in [5.41, 5.74) is 2.72. The number of nitrogens with zero attached hydrogens (tertiary/aromatic N) is 1. The Labute approximate surface area is 109 Å². The Balaban J connectivity index is 1.68. The largest absolute Gasteiger partial charge is 0.488 e. The standard InChI is InChI=1S/C13H13NO3S/c1-16-13(15)8-5-9(6-8)17-10-3-2-4-11-12(10)14-7-18-11/h2-4,7-9H,5-6H2,1H3. The Morgan fingerprint density at radius 1 is 1.44 bits per heavy atom. The summed E-state index contributed by atoms with van der Waals surface area (Å²) in [5.74, 6) is 0.665. The summed E-state index contributed by atoms with van der Waals surface area (Å²) in [4.78, 5) is 15.6. The minimum atomic E-state index is -0.137. The van der Waals surface area contributed by atoms with Gasteiger partial charge in [-0.25, -0.2) is 4.98 Å². The van der Waals surface area contributed by atoms with Crippen LogP contribution in [0.4, 0.5) is 0 Å². The monoisotopic (exact) mass is 263 g/mol. The first kappa shape index (κ1) is 11.5.